The fourth-order valence-electron chi connectivity index (χ4n) is 5.54. The number of aryl methyl sites for hydroxylation is 2. The summed E-state index contributed by atoms with van der Waals surface area (Å²) in [4.78, 5) is 52.2. The second kappa shape index (κ2) is 19.1. The number of carbonyl (C=O) groups excluding carboxylic acids is 4. The van der Waals surface area contributed by atoms with Crippen molar-refractivity contribution in [2.45, 2.75) is 66.5 Å². The van der Waals surface area contributed by atoms with E-state index in [0.717, 1.165) is 24.0 Å². The fraction of sp³-hybridized carbons (Fsp3) is 0.350. The highest BCUT2D eigenvalue weighted by molar-refractivity contribution is 6.06. The molecule has 0 saturated carbocycles. The summed E-state index contributed by atoms with van der Waals surface area (Å²) < 4.78 is 3.65. The Labute approximate surface area is 316 Å². The summed E-state index contributed by atoms with van der Waals surface area (Å²) in [5, 5.41) is 26.1. The Morgan fingerprint density at radius 2 is 0.944 bits per heavy atom. The molecule has 14 heteroatoms. The minimum Gasteiger partial charge on any atom is -0.388 e. The number of amides is 4. The van der Waals surface area contributed by atoms with E-state index in [2.05, 4.69) is 49.0 Å². The first-order valence-electron chi connectivity index (χ1n) is 18.2. The Kier molecular flexibility index (Phi) is 14.3. The van der Waals surface area contributed by atoms with Crippen molar-refractivity contribution in [3.8, 4) is 11.1 Å². The molecule has 2 heterocycles. The third kappa shape index (κ3) is 11.9. The van der Waals surface area contributed by atoms with Crippen LogP contribution >= 0.6 is 0 Å². The van der Waals surface area contributed by atoms with Gasteiger partial charge in [0.25, 0.3) is 23.6 Å². The smallest absolute Gasteiger partial charge is 0.267 e. The summed E-state index contributed by atoms with van der Waals surface area (Å²) in [7, 11) is 0. The van der Waals surface area contributed by atoms with Gasteiger partial charge in [0.15, 0.2) is 0 Å². The second-order valence-corrected chi connectivity index (χ2v) is 14.1. The highest BCUT2D eigenvalue weighted by Crippen LogP contribution is 2.23. The van der Waals surface area contributed by atoms with Crippen LogP contribution in [0.4, 0.5) is 11.4 Å². The Bertz CT molecular complexity index is 1810. The lowest BCUT2D eigenvalue weighted by Gasteiger charge is -2.11. The number of carbonyl (C=O) groups is 4. The number of aromatic nitrogens is 2. The predicted molar refractivity (Wildman–Crippen MR) is 213 cm³/mol. The van der Waals surface area contributed by atoms with Crippen molar-refractivity contribution >= 4 is 46.7 Å². The van der Waals surface area contributed by atoms with Crippen LogP contribution in [0.1, 0.15) is 95.1 Å². The van der Waals surface area contributed by atoms with Crippen molar-refractivity contribution in [1.29, 1.82) is 10.8 Å². The van der Waals surface area contributed by atoms with Crippen molar-refractivity contribution in [3.63, 3.8) is 0 Å². The summed E-state index contributed by atoms with van der Waals surface area (Å²) in [5.74, 6) is -0.435. The van der Waals surface area contributed by atoms with Crippen LogP contribution in [0.15, 0.2) is 73.1 Å². The van der Waals surface area contributed by atoms with E-state index in [-0.39, 0.29) is 61.2 Å². The van der Waals surface area contributed by atoms with Gasteiger partial charge in [-0.3, -0.25) is 30.0 Å². The van der Waals surface area contributed by atoms with Crippen LogP contribution in [0.3, 0.4) is 0 Å². The maximum Gasteiger partial charge on any atom is 0.267 e. The molecule has 0 aliphatic heterocycles. The standard InChI is InChI=1S/C40H52N10O4/c1-25(2)15-19-49-23-31(21-33(49)39(53)45-17-13-35(41)42)47-37(51)29-9-5-27(6-10-29)28-7-11-30(12-8-28)38(52)48-32-22-34(40(54)46-18-14-36(43)44)50(24-32)20-16-26(3)4/h5-12,21-26H,13-20H2,1-4H3,(H3,41,42)(H3,43,44)(H,45,53)(H,46,54)(H,47,51)(H,48,52). The molecule has 0 fully saturated rings. The van der Waals surface area contributed by atoms with Gasteiger partial charge >= 0.3 is 0 Å². The SMILES string of the molecule is CC(C)CCn1cc(NC(=O)c2ccc(-c3ccc(C(=O)Nc4cc(C(=O)NCCC(=N)N)n(CCC(C)C)c4)cc3)cc2)cc1C(=O)NCCC(=N)N. The number of nitrogens with two attached hydrogens (primary N) is 2. The van der Waals surface area contributed by atoms with Crippen LogP contribution in [0.25, 0.3) is 11.1 Å². The largest absolute Gasteiger partial charge is 0.388 e. The zero-order chi connectivity index (χ0) is 39.4. The van der Waals surface area contributed by atoms with E-state index in [0.29, 0.717) is 58.8 Å². The topological polar surface area (TPSA) is 226 Å². The molecular weight excluding hydrogens is 685 g/mol. The molecule has 0 unspecified atom stereocenters. The minimum atomic E-state index is -0.326. The van der Waals surface area contributed by atoms with Gasteiger partial charge in [-0.1, -0.05) is 52.0 Å². The maximum absolute atomic E-state index is 13.2. The van der Waals surface area contributed by atoms with Crippen LogP contribution in [0, 0.1) is 22.7 Å². The van der Waals surface area contributed by atoms with E-state index in [1.807, 2.05) is 33.4 Å². The summed E-state index contributed by atoms with van der Waals surface area (Å²) in [6.45, 7) is 10.1. The molecule has 0 aliphatic rings. The zero-order valence-corrected chi connectivity index (χ0v) is 31.4. The number of amidine groups is 2. The Balaban J connectivity index is 1.40. The molecule has 0 bridgehead atoms. The lowest BCUT2D eigenvalue weighted by molar-refractivity contribution is 0.0937. The third-order valence-electron chi connectivity index (χ3n) is 8.66. The van der Waals surface area contributed by atoms with Crippen molar-refractivity contribution in [3.05, 3.63) is 95.6 Å². The number of hydrogen-bond acceptors (Lipinski definition) is 6. The van der Waals surface area contributed by atoms with Gasteiger partial charge in [-0.05, 0) is 72.2 Å². The number of benzene rings is 2. The van der Waals surface area contributed by atoms with E-state index in [9.17, 15) is 19.2 Å². The molecule has 54 heavy (non-hydrogen) atoms. The van der Waals surface area contributed by atoms with Crippen molar-refractivity contribution in [1.82, 2.24) is 19.8 Å². The summed E-state index contributed by atoms with van der Waals surface area (Å²) in [6, 6.07) is 17.5. The highest BCUT2D eigenvalue weighted by atomic mass is 16.2. The molecule has 0 saturated heterocycles. The lowest BCUT2D eigenvalue weighted by atomic mass is 10.0. The van der Waals surface area contributed by atoms with E-state index < -0.39 is 0 Å². The molecule has 0 spiro atoms. The van der Waals surface area contributed by atoms with Gasteiger partial charge < -0.3 is 41.9 Å². The predicted octanol–water partition coefficient (Wildman–Crippen LogP) is 5.67. The van der Waals surface area contributed by atoms with E-state index >= 15 is 0 Å². The van der Waals surface area contributed by atoms with Gasteiger partial charge in [-0.15, -0.1) is 0 Å². The zero-order valence-electron chi connectivity index (χ0n) is 31.4. The molecule has 0 atom stereocenters. The van der Waals surface area contributed by atoms with E-state index in [1.54, 1.807) is 48.8 Å². The van der Waals surface area contributed by atoms with Gasteiger partial charge in [-0.2, -0.15) is 0 Å². The molecule has 4 aromatic rings. The van der Waals surface area contributed by atoms with Gasteiger partial charge in [-0.25, -0.2) is 0 Å². The highest BCUT2D eigenvalue weighted by Gasteiger charge is 2.18. The summed E-state index contributed by atoms with van der Waals surface area (Å²) in [6.07, 6.45) is 5.70. The molecule has 286 valence electrons. The van der Waals surface area contributed by atoms with Gasteiger partial charge in [0.1, 0.15) is 11.4 Å². The lowest BCUT2D eigenvalue weighted by Crippen LogP contribution is -2.29. The number of nitrogens with zero attached hydrogens (tertiary/aromatic N) is 2. The summed E-state index contributed by atoms with van der Waals surface area (Å²) in [5.41, 5.74) is 15.2. The monoisotopic (exact) mass is 736 g/mol. The van der Waals surface area contributed by atoms with Crippen LogP contribution in [0.2, 0.25) is 0 Å². The quantitative estimate of drug-likeness (QED) is 0.0447. The molecule has 2 aromatic heterocycles. The van der Waals surface area contributed by atoms with E-state index in [4.69, 9.17) is 22.3 Å². The van der Waals surface area contributed by atoms with Crippen LogP contribution in [-0.4, -0.2) is 57.5 Å². The Morgan fingerprint density at radius 1 is 0.593 bits per heavy atom. The molecule has 4 amide bonds. The second-order valence-electron chi connectivity index (χ2n) is 14.1. The average molecular weight is 737 g/mol. The molecule has 4 rings (SSSR count). The van der Waals surface area contributed by atoms with Crippen molar-refractivity contribution in [2.75, 3.05) is 23.7 Å². The van der Waals surface area contributed by atoms with Crippen LogP contribution in [0.5, 0.6) is 0 Å². The number of hydrogen-bond donors (Lipinski definition) is 8. The molecular formula is C40H52N10O4. The number of anilines is 2. The summed E-state index contributed by atoms with van der Waals surface area (Å²) >= 11 is 0. The normalized spacial score (nSPS) is 11.0. The third-order valence-corrected chi connectivity index (χ3v) is 8.66. The minimum absolute atomic E-state index is 0.00764. The van der Waals surface area contributed by atoms with Crippen LogP contribution in [-0.2, 0) is 13.1 Å². The van der Waals surface area contributed by atoms with Gasteiger partial charge in [0.05, 0.1) is 23.0 Å². The molecule has 14 nitrogen and oxygen atoms in total. The maximum atomic E-state index is 13.2. The van der Waals surface area contributed by atoms with Gasteiger partial charge in [0.2, 0.25) is 0 Å². The molecule has 0 aliphatic carbocycles. The number of rotatable bonds is 19. The van der Waals surface area contributed by atoms with Crippen molar-refractivity contribution < 1.29 is 19.2 Å². The van der Waals surface area contributed by atoms with Gasteiger partial charge in [0, 0.05) is 62.5 Å². The first-order valence-corrected chi connectivity index (χ1v) is 18.2. The fourth-order valence-corrected chi connectivity index (χ4v) is 5.54. The first kappa shape index (κ1) is 40.6. The van der Waals surface area contributed by atoms with E-state index in [1.165, 1.54) is 0 Å². The average Bonchev–Trinajstić information content (AvgIpc) is 3.73. The molecule has 0 radical (unpaired) electrons. The Morgan fingerprint density at radius 3 is 1.26 bits per heavy atom. The molecule has 10 N–H and O–H groups in total. The van der Waals surface area contributed by atoms with Crippen molar-refractivity contribution in [2.24, 2.45) is 23.3 Å². The number of nitrogens with one attached hydrogen (secondary N) is 6. The van der Waals surface area contributed by atoms with Crippen LogP contribution < -0.4 is 32.7 Å². The first-order chi connectivity index (χ1) is 25.7. The Hall–Kier alpha value is -6.18. The molecule has 2 aromatic carbocycles.